The molecule has 0 bridgehead atoms. The average Bonchev–Trinajstić information content (AvgIpc) is 3.86. The quantitative estimate of drug-likeness (QED) is 0.261. The fourth-order valence-electron chi connectivity index (χ4n) is 6.68. The van der Waals surface area contributed by atoms with Gasteiger partial charge in [-0.05, 0) is 80.0 Å². The maximum atomic E-state index is 14.4. The zero-order chi connectivity index (χ0) is 32.5. The van der Waals surface area contributed by atoms with E-state index in [0.717, 1.165) is 60.0 Å². The largest absolute Gasteiger partial charge is 0.370 e. The maximum Gasteiger partial charge on any atom is 0.249 e. The van der Waals surface area contributed by atoms with E-state index >= 15 is 0 Å². The summed E-state index contributed by atoms with van der Waals surface area (Å²) in [5.74, 6) is -0.699. The fourth-order valence-corrected chi connectivity index (χ4v) is 7.42. The van der Waals surface area contributed by atoms with E-state index in [1.54, 1.807) is 30.3 Å². The van der Waals surface area contributed by atoms with Gasteiger partial charge in [-0.2, -0.15) is 0 Å². The maximum absolute atomic E-state index is 14.4. The number of fused-ring (bicyclic) bond motifs is 1. The Hall–Kier alpha value is -3.31. The molecule has 1 unspecified atom stereocenters. The molecule has 2 saturated heterocycles. The smallest absolute Gasteiger partial charge is 0.249 e. The average molecular weight is 648 g/mol. The van der Waals surface area contributed by atoms with Crippen molar-refractivity contribution in [1.29, 1.82) is 0 Å². The van der Waals surface area contributed by atoms with E-state index in [4.69, 9.17) is 4.74 Å². The number of likely N-dealkylation sites (tertiary alicyclic amines) is 1. The number of carbonyl (C=O) groups is 3. The molecule has 2 aromatic carbocycles. The Morgan fingerprint density at radius 2 is 1.83 bits per heavy atom. The van der Waals surface area contributed by atoms with Crippen molar-refractivity contribution < 1.29 is 19.1 Å². The van der Waals surface area contributed by atoms with Gasteiger partial charge in [0.1, 0.15) is 18.7 Å². The van der Waals surface area contributed by atoms with E-state index in [2.05, 4.69) is 34.7 Å². The monoisotopic (exact) mass is 647 g/mol. The van der Waals surface area contributed by atoms with Gasteiger partial charge in [0.2, 0.25) is 17.7 Å². The highest BCUT2D eigenvalue weighted by Crippen LogP contribution is 2.21. The van der Waals surface area contributed by atoms with Gasteiger partial charge in [-0.1, -0.05) is 48.5 Å². The molecule has 46 heavy (non-hydrogen) atoms. The molecular weight excluding hydrogens is 598 g/mol. The summed E-state index contributed by atoms with van der Waals surface area (Å²) >= 11 is 1.57. The van der Waals surface area contributed by atoms with Crippen molar-refractivity contribution in [3.05, 3.63) is 70.4 Å². The van der Waals surface area contributed by atoms with Crippen molar-refractivity contribution in [1.82, 2.24) is 25.3 Å². The van der Waals surface area contributed by atoms with Gasteiger partial charge in [0.15, 0.2) is 0 Å². The van der Waals surface area contributed by atoms with Crippen molar-refractivity contribution in [2.45, 2.75) is 69.1 Å². The van der Waals surface area contributed by atoms with E-state index in [0.29, 0.717) is 32.0 Å². The van der Waals surface area contributed by atoms with Crippen molar-refractivity contribution in [2.24, 2.45) is 0 Å². The number of amides is 3. The van der Waals surface area contributed by atoms with E-state index in [1.807, 2.05) is 47.8 Å². The Morgan fingerprint density at radius 3 is 2.54 bits per heavy atom. The van der Waals surface area contributed by atoms with Gasteiger partial charge in [-0.15, -0.1) is 11.3 Å². The first-order valence-corrected chi connectivity index (χ1v) is 17.5. The van der Waals surface area contributed by atoms with E-state index in [9.17, 15) is 14.4 Å². The van der Waals surface area contributed by atoms with Crippen LogP contribution in [0.1, 0.15) is 42.5 Å². The van der Waals surface area contributed by atoms with Gasteiger partial charge in [0.25, 0.3) is 0 Å². The number of thiophene rings is 1. The molecule has 2 fully saturated rings. The number of nitrogens with one attached hydrogen (secondary N) is 2. The van der Waals surface area contributed by atoms with Crippen LogP contribution >= 0.6 is 11.3 Å². The third-order valence-corrected chi connectivity index (χ3v) is 10.5. The number of hydrogen-bond donors (Lipinski definition) is 2. The zero-order valence-electron chi connectivity index (χ0n) is 27.5. The Balaban J connectivity index is 1.33. The van der Waals surface area contributed by atoms with Crippen LogP contribution in [0.2, 0.25) is 0 Å². The topological polar surface area (TPSA) is 94.2 Å². The third-order valence-electron chi connectivity index (χ3n) is 9.64. The van der Waals surface area contributed by atoms with Crippen LogP contribution in [0.3, 0.4) is 0 Å². The van der Waals surface area contributed by atoms with Gasteiger partial charge < -0.3 is 30.1 Å². The van der Waals surface area contributed by atoms with Crippen molar-refractivity contribution in [3.8, 4) is 0 Å². The molecule has 2 aliphatic rings. The van der Waals surface area contributed by atoms with Crippen LogP contribution in [0, 0.1) is 0 Å². The van der Waals surface area contributed by atoms with Crippen LogP contribution in [0.15, 0.2) is 60.0 Å². The summed E-state index contributed by atoms with van der Waals surface area (Å²) < 4.78 is 5.80. The second-order valence-electron chi connectivity index (χ2n) is 12.8. The second kappa shape index (κ2) is 16.5. The van der Waals surface area contributed by atoms with E-state index in [1.165, 1.54) is 11.3 Å². The number of hydrogen-bond acceptors (Lipinski definition) is 7. The summed E-state index contributed by atoms with van der Waals surface area (Å²) in [5, 5.41) is 10.7. The van der Waals surface area contributed by atoms with Gasteiger partial charge in [-0.3, -0.25) is 14.4 Å². The molecule has 248 valence electrons. The summed E-state index contributed by atoms with van der Waals surface area (Å²) in [6.07, 6.45) is 6.07. The minimum absolute atomic E-state index is 0.103. The molecular formula is C36H49N5O4S. The molecule has 3 heterocycles. The molecule has 0 aliphatic carbocycles. The molecule has 0 radical (unpaired) electrons. The van der Waals surface area contributed by atoms with Crippen LogP contribution in [0.5, 0.6) is 0 Å². The zero-order valence-corrected chi connectivity index (χ0v) is 28.3. The van der Waals surface area contributed by atoms with Crippen LogP contribution in [-0.4, -0.2) is 111 Å². The van der Waals surface area contributed by atoms with E-state index in [-0.39, 0.29) is 30.4 Å². The predicted octanol–water partition coefficient (Wildman–Crippen LogP) is 3.71. The molecule has 0 spiro atoms. The highest BCUT2D eigenvalue weighted by atomic mass is 32.1. The first-order valence-electron chi connectivity index (χ1n) is 16.6. The molecule has 5 rings (SSSR count). The lowest BCUT2D eigenvalue weighted by Crippen LogP contribution is -2.56. The first-order chi connectivity index (χ1) is 22.3. The lowest BCUT2D eigenvalue weighted by atomic mass is 9.99. The third kappa shape index (κ3) is 8.94. The Labute approximate surface area is 277 Å². The standard InChI is InChI=1S/C36H49N5O4S/c1-39-19-7-12-30(39)16-18-38-35(43)32(23-31-13-8-20-46-31)41(3)36(44)33(22-26-14-15-27-9-4-5-10-28(27)21-26)40(2)34(42)25-45-24-29-11-6-17-37-29/h4-5,8-10,13-15,20-21,29-30,32-33,37H,6-7,11-12,16-19,22-25H2,1-3H3,(H,38,43)/t29-,30?,32+,33+/m0/s1. The minimum Gasteiger partial charge on any atom is -0.370 e. The van der Waals surface area contributed by atoms with Gasteiger partial charge in [0, 0.05) is 50.4 Å². The molecule has 3 aromatic rings. The number of likely N-dealkylation sites (N-methyl/N-ethyl adjacent to an activating group) is 2. The fraction of sp³-hybridized carbons (Fsp3) is 0.528. The van der Waals surface area contributed by atoms with Gasteiger partial charge in [-0.25, -0.2) is 0 Å². The number of carbonyl (C=O) groups excluding carboxylic acids is 3. The van der Waals surface area contributed by atoms with Crippen LogP contribution in [0.4, 0.5) is 0 Å². The molecule has 9 nitrogen and oxygen atoms in total. The molecule has 10 heteroatoms. The van der Waals surface area contributed by atoms with Crippen molar-refractivity contribution >= 4 is 39.8 Å². The van der Waals surface area contributed by atoms with Crippen molar-refractivity contribution in [2.75, 3.05) is 54.0 Å². The van der Waals surface area contributed by atoms with Crippen LogP contribution in [0.25, 0.3) is 10.8 Å². The summed E-state index contributed by atoms with van der Waals surface area (Å²) in [7, 11) is 5.50. The van der Waals surface area contributed by atoms with Crippen molar-refractivity contribution in [3.63, 3.8) is 0 Å². The number of rotatable bonds is 15. The lowest BCUT2D eigenvalue weighted by molar-refractivity contribution is -0.149. The Morgan fingerprint density at radius 1 is 1.00 bits per heavy atom. The first kappa shape index (κ1) is 34.0. The molecule has 2 aliphatic heterocycles. The second-order valence-corrected chi connectivity index (χ2v) is 13.9. The summed E-state index contributed by atoms with van der Waals surface area (Å²) in [5.41, 5.74) is 0.945. The van der Waals surface area contributed by atoms with Crippen LogP contribution < -0.4 is 10.6 Å². The molecule has 2 N–H and O–H groups in total. The summed E-state index contributed by atoms with van der Waals surface area (Å²) in [6.45, 7) is 2.97. The number of nitrogens with zero attached hydrogens (tertiary/aromatic N) is 3. The minimum atomic E-state index is -0.808. The van der Waals surface area contributed by atoms with Crippen LogP contribution in [-0.2, 0) is 32.0 Å². The highest BCUT2D eigenvalue weighted by Gasteiger charge is 2.35. The molecule has 0 saturated carbocycles. The molecule has 3 amide bonds. The number of ether oxygens (including phenoxy) is 1. The van der Waals surface area contributed by atoms with Gasteiger partial charge in [0.05, 0.1) is 6.61 Å². The summed E-state index contributed by atoms with van der Waals surface area (Å²) in [4.78, 5) is 48.1. The van der Waals surface area contributed by atoms with E-state index < -0.39 is 12.1 Å². The molecule has 1 aromatic heterocycles. The predicted molar refractivity (Wildman–Crippen MR) is 184 cm³/mol. The molecule has 4 atom stereocenters. The number of benzene rings is 2. The SMILES string of the molecule is CN1CCCC1CCNC(=O)[C@@H](Cc1cccs1)N(C)C(=O)[C@@H](Cc1ccc2ccccc2c1)N(C)C(=O)COC[C@@H]1CCCN1. The van der Waals surface area contributed by atoms with Gasteiger partial charge >= 0.3 is 0 Å². The lowest BCUT2D eigenvalue weighted by Gasteiger charge is -2.34. The Kier molecular flexibility index (Phi) is 12.2. The normalized spacial score (nSPS) is 19.6. The summed E-state index contributed by atoms with van der Waals surface area (Å²) in [6, 6.07) is 17.4. The highest BCUT2D eigenvalue weighted by molar-refractivity contribution is 7.09. The Bertz CT molecular complexity index is 1440.